The molecule has 3 heterocycles. The molecule has 4 bridgehead atoms. The van der Waals surface area contributed by atoms with E-state index in [4.69, 9.17) is 0 Å². The summed E-state index contributed by atoms with van der Waals surface area (Å²) in [6, 6.07) is 0. The lowest BCUT2D eigenvalue weighted by atomic mass is 9.34. The second-order valence-corrected chi connectivity index (χ2v) is 15.5. The minimum absolute atomic E-state index is 0.0580. The van der Waals surface area contributed by atoms with Gasteiger partial charge in [0.1, 0.15) is 37.4 Å². The summed E-state index contributed by atoms with van der Waals surface area (Å²) in [5, 5.41) is 65.7. The van der Waals surface area contributed by atoms with E-state index in [0.29, 0.717) is 0 Å². The van der Waals surface area contributed by atoms with Crippen molar-refractivity contribution in [1.82, 2.24) is 0 Å². The Labute approximate surface area is 278 Å². The first-order valence-electron chi connectivity index (χ1n) is 16.4. The van der Waals surface area contributed by atoms with E-state index in [0.717, 1.165) is 0 Å². The van der Waals surface area contributed by atoms with E-state index in [1.165, 1.54) is 0 Å². The van der Waals surface area contributed by atoms with Gasteiger partial charge in [-0.2, -0.15) is 0 Å². The lowest BCUT2D eigenvalue weighted by Gasteiger charge is -2.69. The van der Waals surface area contributed by atoms with Crippen molar-refractivity contribution < 1.29 is 88.0 Å². The van der Waals surface area contributed by atoms with Gasteiger partial charge in [-0.25, -0.2) is 44.4 Å². The predicted octanol–water partition coefficient (Wildman–Crippen LogP) is 0.205. The van der Waals surface area contributed by atoms with E-state index in [1.807, 2.05) is 0 Å². The van der Waals surface area contributed by atoms with Crippen molar-refractivity contribution in [2.45, 2.75) is 77.0 Å². The van der Waals surface area contributed by atoms with Crippen molar-refractivity contribution in [3.63, 3.8) is 0 Å². The van der Waals surface area contributed by atoms with Crippen LogP contribution in [0.1, 0.15) is 77.0 Å². The molecule has 0 radical (unpaired) electrons. The molecule has 3 unspecified atom stereocenters. The van der Waals surface area contributed by atoms with Gasteiger partial charge in [0, 0.05) is 0 Å². The zero-order valence-electron chi connectivity index (χ0n) is 26.6. The number of hydrogen-bond acceptors (Lipinski definition) is 12. The van der Waals surface area contributed by atoms with Gasteiger partial charge < -0.3 is 15.3 Å². The average molecular weight is 695 g/mol. The first-order valence-corrected chi connectivity index (χ1v) is 16.4. The lowest BCUT2D eigenvalue weighted by Crippen LogP contribution is -2.69. The van der Waals surface area contributed by atoms with E-state index in [9.17, 15) is 74.1 Å². The second-order valence-electron chi connectivity index (χ2n) is 15.5. The Balaban J connectivity index is 1.51. The Bertz CT molecular complexity index is 1380. The molecule has 0 aromatic carbocycles. The van der Waals surface area contributed by atoms with Crippen LogP contribution in [0.2, 0.25) is 0 Å². The Morgan fingerprint density at radius 1 is 0.490 bits per heavy atom. The third-order valence-electron chi connectivity index (χ3n) is 12.8. The molecule has 6 N–H and O–H groups in total. The highest BCUT2D eigenvalue weighted by molar-refractivity contribution is 5.92. The molecule has 4 saturated carbocycles. The molecule has 7 fully saturated rings. The van der Waals surface area contributed by atoms with Gasteiger partial charge in [0.15, 0.2) is 0 Å². The molecule has 3 atom stereocenters. The molecule has 266 valence electrons. The maximum atomic E-state index is 13.2. The summed E-state index contributed by atoms with van der Waals surface area (Å²) in [6.45, 7) is -2.76. The van der Waals surface area contributed by atoms with Crippen LogP contribution in [-0.4, -0.2) is 118 Å². The van der Waals surface area contributed by atoms with Gasteiger partial charge in [-0.05, 0) is 60.7 Å². The summed E-state index contributed by atoms with van der Waals surface area (Å²) in [5.74, 6) is -16.0. The van der Waals surface area contributed by atoms with Gasteiger partial charge in [-0.3, -0.25) is 14.4 Å². The van der Waals surface area contributed by atoms with Crippen LogP contribution < -0.4 is 0 Å². The van der Waals surface area contributed by atoms with Crippen molar-refractivity contribution in [1.29, 1.82) is 0 Å². The molecule has 49 heavy (non-hydrogen) atoms. The van der Waals surface area contributed by atoms with Crippen molar-refractivity contribution >= 4 is 53.4 Å². The largest absolute Gasteiger partial charge is 0.481 e. The lowest BCUT2D eigenvalue weighted by molar-refractivity contribution is -0.974. The van der Waals surface area contributed by atoms with E-state index in [2.05, 4.69) is 0 Å². The first kappa shape index (κ1) is 35.0. The molecule has 0 spiro atoms. The molecular formula is C31H40N3O15+3. The second kappa shape index (κ2) is 11.1. The number of carboxylic acid groups (broad SMARTS) is 3. The number of carboxylic acids is 3. The molecular weight excluding hydrogens is 654 g/mol. The maximum Gasteiger partial charge on any atom is 0.353 e. The van der Waals surface area contributed by atoms with Crippen molar-refractivity contribution in [2.75, 3.05) is 19.6 Å². The van der Waals surface area contributed by atoms with E-state index < -0.39 is 127 Å². The highest BCUT2D eigenvalue weighted by Crippen LogP contribution is 2.75. The fourth-order valence-corrected chi connectivity index (χ4v) is 11.0. The van der Waals surface area contributed by atoms with Crippen LogP contribution in [0, 0.1) is 39.9 Å². The van der Waals surface area contributed by atoms with Gasteiger partial charge >= 0.3 is 53.4 Å². The van der Waals surface area contributed by atoms with Crippen molar-refractivity contribution in [3.05, 3.63) is 0 Å². The van der Waals surface area contributed by atoms with Gasteiger partial charge in [-0.15, -0.1) is 0 Å². The SMILES string of the molecule is O=C(O)C(C[N+]1(O)C(=O)CCC1=O)C12CC3CC(C(C[N+]4(O)C(=O)CCC4=O)C(=O)O)(C1)CC(C(C[N+]1(O)C(=O)CCC1=O)C(=O)O)(C3)C2. The molecule has 3 aliphatic heterocycles. The number of quaternary nitrogens is 3. The first-order chi connectivity index (χ1) is 22.7. The average Bonchev–Trinajstić information content (AvgIpc) is 3.53. The van der Waals surface area contributed by atoms with Gasteiger partial charge in [-0.1, -0.05) is 13.9 Å². The number of hydrogen-bond donors (Lipinski definition) is 6. The maximum absolute atomic E-state index is 13.2. The van der Waals surface area contributed by atoms with Crippen LogP contribution in [0.15, 0.2) is 0 Å². The van der Waals surface area contributed by atoms with E-state index >= 15 is 0 Å². The van der Waals surface area contributed by atoms with Crippen LogP contribution >= 0.6 is 0 Å². The highest BCUT2D eigenvalue weighted by atomic mass is 16.6. The molecule has 18 heteroatoms. The molecule has 18 nitrogen and oxygen atoms in total. The number of nitrogens with zero attached hydrogens (tertiary/aromatic N) is 3. The highest BCUT2D eigenvalue weighted by Gasteiger charge is 2.74. The van der Waals surface area contributed by atoms with E-state index in [1.54, 1.807) is 0 Å². The number of hydroxylamine groups is 9. The summed E-state index contributed by atoms with van der Waals surface area (Å²) in [7, 11) is 0. The zero-order chi connectivity index (χ0) is 36.1. The van der Waals surface area contributed by atoms with Crippen LogP contribution in [0.3, 0.4) is 0 Å². The summed E-state index contributed by atoms with van der Waals surface area (Å²) in [4.78, 5) is 116. The van der Waals surface area contributed by atoms with Crippen LogP contribution in [0.5, 0.6) is 0 Å². The zero-order valence-corrected chi connectivity index (χ0v) is 26.6. The third kappa shape index (κ3) is 5.02. The number of imide groups is 3. The summed E-state index contributed by atoms with van der Waals surface area (Å²) in [5.41, 5.74) is -4.74. The molecule has 3 saturated heterocycles. The molecule has 7 aliphatic rings. The van der Waals surface area contributed by atoms with Gasteiger partial charge in [0.25, 0.3) is 0 Å². The minimum Gasteiger partial charge on any atom is -0.481 e. The normalized spacial score (nSPS) is 35.9. The molecule has 6 amide bonds. The third-order valence-corrected chi connectivity index (χ3v) is 12.8. The Hall–Kier alpha value is -3.81. The fourth-order valence-electron chi connectivity index (χ4n) is 11.0. The van der Waals surface area contributed by atoms with Crippen LogP contribution in [0.4, 0.5) is 0 Å². The molecule has 4 aliphatic carbocycles. The number of likely N-dealkylation sites (tertiary alicyclic amines) is 3. The number of carbonyl (C=O) groups excluding carboxylic acids is 6. The van der Waals surface area contributed by atoms with Gasteiger partial charge in [0.2, 0.25) is 0 Å². The summed E-state index contributed by atoms with van der Waals surface area (Å²) in [6.07, 6.45) is -2.67. The van der Waals surface area contributed by atoms with Crippen molar-refractivity contribution in [3.8, 4) is 0 Å². The number of rotatable bonds is 12. The van der Waals surface area contributed by atoms with Crippen molar-refractivity contribution in [2.24, 2.45) is 39.9 Å². The van der Waals surface area contributed by atoms with E-state index in [-0.39, 0.29) is 77.0 Å². The summed E-state index contributed by atoms with van der Waals surface area (Å²) < 4.78 is -5.44. The number of carbonyl (C=O) groups is 9. The Morgan fingerprint density at radius 3 is 0.878 bits per heavy atom. The summed E-state index contributed by atoms with van der Waals surface area (Å²) >= 11 is 0. The fraction of sp³-hybridized carbons (Fsp3) is 0.710. The molecule has 0 aromatic heterocycles. The predicted molar refractivity (Wildman–Crippen MR) is 150 cm³/mol. The topological polar surface area (TPSA) is 275 Å². The Kier molecular flexibility index (Phi) is 7.93. The molecule has 0 aromatic rings. The monoisotopic (exact) mass is 694 g/mol. The number of amides is 6. The molecule has 7 rings (SSSR count). The van der Waals surface area contributed by atoms with Crippen LogP contribution in [-0.2, 0) is 43.2 Å². The quantitative estimate of drug-likeness (QED) is 0.0905. The minimum atomic E-state index is -1.81. The smallest absolute Gasteiger partial charge is 0.353 e. The number of aliphatic carboxylic acids is 3. The van der Waals surface area contributed by atoms with Gasteiger partial charge in [0.05, 0.1) is 38.5 Å². The Morgan fingerprint density at radius 2 is 0.694 bits per heavy atom. The standard InChI is InChI=1S/C31H37N3O15/c35-20-1-2-21(36)32(20,47)10-17(26(41)42)29-7-16-8-30(13-29,18(27(43)44)11-33(48)22(37)3-4-23(33)38)15-31(9-16,14-29)19(28(45)46)12-34(49)24(39)5-6-25(34)40/h16-19,47-49H,1-15H2/p+3. The van der Waals surface area contributed by atoms with Crippen LogP contribution in [0.25, 0.3) is 0 Å².